The van der Waals surface area contributed by atoms with Crippen LogP contribution in [0.15, 0.2) is 191 Å². The van der Waals surface area contributed by atoms with Gasteiger partial charge in [0.1, 0.15) is 16.7 Å². The first kappa shape index (κ1) is 32.9. The number of para-hydroxylation sites is 5. The van der Waals surface area contributed by atoms with Gasteiger partial charge in [0.15, 0.2) is 5.58 Å². The highest BCUT2D eigenvalue weighted by Gasteiger charge is 2.30. The Morgan fingerprint density at radius 2 is 0.914 bits per heavy atom. The third kappa shape index (κ3) is 4.75. The molecule has 0 radical (unpaired) electrons. The first-order valence-electron chi connectivity index (χ1n) is 20.0. The fourth-order valence-electron chi connectivity index (χ4n) is 9.84. The number of fused-ring (bicyclic) bond motifs is 6. The Bertz CT molecular complexity index is 3310. The lowest BCUT2D eigenvalue weighted by Crippen LogP contribution is -2.52. The molecule has 12 rings (SSSR count). The summed E-state index contributed by atoms with van der Waals surface area (Å²) in [5, 5.41) is 12.1. The van der Waals surface area contributed by atoms with Gasteiger partial charge < -0.3 is 13.7 Å². The van der Waals surface area contributed by atoms with Gasteiger partial charge in [-0.15, -0.1) is 0 Å². The molecule has 0 bridgehead atoms. The second-order valence-electron chi connectivity index (χ2n) is 15.7. The van der Waals surface area contributed by atoms with Crippen molar-refractivity contribution < 1.29 is 8.83 Å². The Hall–Kier alpha value is -7.30. The van der Waals surface area contributed by atoms with E-state index < -0.39 is 0 Å². The molecule has 0 fully saturated rings. The van der Waals surface area contributed by atoms with Crippen LogP contribution in [0, 0.1) is 13.8 Å². The molecule has 4 heteroatoms. The van der Waals surface area contributed by atoms with Crippen molar-refractivity contribution in [3.05, 3.63) is 193 Å². The molecule has 3 nitrogen and oxygen atoms in total. The van der Waals surface area contributed by atoms with Gasteiger partial charge in [-0.05, 0) is 93.8 Å². The summed E-state index contributed by atoms with van der Waals surface area (Å²) in [5.41, 5.74) is 13.0. The van der Waals surface area contributed by atoms with Crippen molar-refractivity contribution >= 4 is 116 Å². The molecule has 0 saturated heterocycles. The number of hydrogen-bond donors (Lipinski definition) is 0. The normalized spacial score (nSPS) is 12.0. The van der Waals surface area contributed by atoms with E-state index in [0.29, 0.717) is 0 Å². The van der Waals surface area contributed by atoms with Gasteiger partial charge in [-0.2, -0.15) is 0 Å². The summed E-state index contributed by atoms with van der Waals surface area (Å²) < 4.78 is 13.4. The average molecular weight is 742 g/mol. The Kier molecular flexibility index (Phi) is 7.15. The van der Waals surface area contributed by atoms with Gasteiger partial charge in [0.25, 0.3) is 0 Å². The van der Waals surface area contributed by atoms with Crippen LogP contribution in [0.3, 0.4) is 0 Å². The minimum atomic E-state index is -0.0687. The van der Waals surface area contributed by atoms with Gasteiger partial charge in [0.05, 0.1) is 11.4 Å². The highest BCUT2D eigenvalue weighted by molar-refractivity contribution is 6.98. The highest BCUT2D eigenvalue weighted by atomic mass is 16.3. The zero-order valence-electron chi connectivity index (χ0n) is 32.2. The van der Waals surface area contributed by atoms with E-state index in [9.17, 15) is 0 Å². The van der Waals surface area contributed by atoms with Crippen molar-refractivity contribution in [1.82, 2.24) is 0 Å². The second-order valence-corrected chi connectivity index (χ2v) is 15.7. The molecule has 0 aliphatic carbocycles. The fraction of sp³-hybridized carbons (Fsp3) is 0.0370. The molecular weight excluding hydrogens is 705 g/mol. The first-order valence-corrected chi connectivity index (χ1v) is 20.0. The molecule has 0 spiro atoms. The molecule has 10 aromatic carbocycles. The Labute approximate surface area is 335 Å². The second kappa shape index (κ2) is 12.6. The van der Waals surface area contributed by atoms with Crippen LogP contribution < -0.4 is 21.3 Å². The molecule has 12 aromatic rings. The minimum absolute atomic E-state index is 0.0687. The maximum atomic E-state index is 6.74. The molecule has 0 saturated carbocycles. The largest absolute Gasteiger partial charge is 0.457 e. The van der Waals surface area contributed by atoms with Crippen LogP contribution in [0.1, 0.15) is 11.1 Å². The van der Waals surface area contributed by atoms with Crippen molar-refractivity contribution in [1.29, 1.82) is 0 Å². The molecule has 272 valence electrons. The molecule has 0 unspecified atom stereocenters. The molecule has 2 aromatic heterocycles. The molecule has 2 heterocycles. The van der Waals surface area contributed by atoms with Crippen LogP contribution in [0.2, 0.25) is 0 Å². The van der Waals surface area contributed by atoms with Crippen molar-refractivity contribution in [2.45, 2.75) is 13.8 Å². The number of nitrogens with zero attached hydrogens (tertiary/aromatic N) is 1. The number of hydrogen-bond acceptors (Lipinski definition) is 3. The summed E-state index contributed by atoms with van der Waals surface area (Å²) in [7, 11) is 0. The lowest BCUT2D eigenvalue weighted by molar-refractivity contribution is 0.669. The van der Waals surface area contributed by atoms with E-state index in [4.69, 9.17) is 8.83 Å². The summed E-state index contributed by atoms with van der Waals surface area (Å²) in [6, 6.07) is 65.7. The van der Waals surface area contributed by atoms with Gasteiger partial charge in [-0.3, -0.25) is 0 Å². The van der Waals surface area contributed by atoms with Crippen LogP contribution in [-0.4, -0.2) is 6.71 Å². The van der Waals surface area contributed by atoms with Crippen LogP contribution in [0.4, 0.5) is 17.1 Å². The summed E-state index contributed by atoms with van der Waals surface area (Å²) in [6.07, 6.45) is 0. The summed E-state index contributed by atoms with van der Waals surface area (Å²) in [4.78, 5) is 2.40. The van der Waals surface area contributed by atoms with Crippen molar-refractivity contribution in [3.63, 3.8) is 0 Å². The third-order valence-corrected chi connectivity index (χ3v) is 12.4. The lowest BCUT2D eigenvalue weighted by atomic mass is 9.36. The van der Waals surface area contributed by atoms with E-state index in [1.165, 1.54) is 59.8 Å². The molecule has 0 amide bonds. The average Bonchev–Trinajstić information content (AvgIpc) is 3.85. The van der Waals surface area contributed by atoms with E-state index in [0.717, 1.165) is 60.9 Å². The molecular formula is C54H36BNO2. The number of aryl methyl sites for hydroxylation is 2. The topological polar surface area (TPSA) is 29.5 Å². The minimum Gasteiger partial charge on any atom is -0.457 e. The molecule has 0 aliphatic heterocycles. The Morgan fingerprint density at radius 1 is 0.379 bits per heavy atom. The molecule has 0 N–H and O–H groups in total. The van der Waals surface area contributed by atoms with E-state index in [1.54, 1.807) is 0 Å². The smallest absolute Gasteiger partial charge is 0.246 e. The SMILES string of the molecule is Cc1cc(B(c2ccccc2)c2cccc3c2oc2ccccc23)c2ccc3c(C)cc(N(c4ccccc4)c4cccc5c4oc4ccccc45)c4ccc1c2c34. The summed E-state index contributed by atoms with van der Waals surface area (Å²) in [6.45, 7) is 4.45. The third-order valence-electron chi connectivity index (χ3n) is 12.4. The zero-order valence-corrected chi connectivity index (χ0v) is 32.2. The number of rotatable bonds is 6. The van der Waals surface area contributed by atoms with Crippen LogP contribution in [-0.2, 0) is 0 Å². The quantitative estimate of drug-likeness (QED) is 0.126. The highest BCUT2D eigenvalue weighted by Crippen LogP contribution is 2.48. The van der Waals surface area contributed by atoms with Gasteiger partial charge >= 0.3 is 0 Å². The van der Waals surface area contributed by atoms with Gasteiger partial charge in [-0.25, -0.2) is 0 Å². The molecule has 0 aliphatic rings. The predicted octanol–water partition coefficient (Wildman–Crippen LogP) is 13.0. The van der Waals surface area contributed by atoms with Crippen molar-refractivity contribution in [2.75, 3.05) is 4.90 Å². The Balaban J connectivity index is 1.17. The lowest BCUT2D eigenvalue weighted by Gasteiger charge is -2.29. The van der Waals surface area contributed by atoms with E-state index in [-0.39, 0.29) is 6.71 Å². The molecule has 0 atom stereocenters. The van der Waals surface area contributed by atoms with Gasteiger partial charge in [0.2, 0.25) is 6.71 Å². The van der Waals surface area contributed by atoms with Gasteiger partial charge in [0, 0.05) is 32.6 Å². The molecule has 58 heavy (non-hydrogen) atoms. The van der Waals surface area contributed by atoms with Crippen LogP contribution in [0.5, 0.6) is 0 Å². The van der Waals surface area contributed by atoms with Crippen molar-refractivity contribution in [2.24, 2.45) is 0 Å². The predicted molar refractivity (Wildman–Crippen MR) is 246 cm³/mol. The maximum absolute atomic E-state index is 6.74. The Morgan fingerprint density at radius 3 is 1.64 bits per heavy atom. The van der Waals surface area contributed by atoms with Crippen LogP contribution in [0.25, 0.3) is 76.2 Å². The summed E-state index contributed by atoms with van der Waals surface area (Å²) >= 11 is 0. The van der Waals surface area contributed by atoms with E-state index in [1.807, 2.05) is 6.07 Å². The number of anilines is 3. The maximum Gasteiger partial charge on any atom is 0.246 e. The monoisotopic (exact) mass is 741 g/mol. The zero-order chi connectivity index (χ0) is 38.5. The van der Waals surface area contributed by atoms with Crippen LogP contribution >= 0.6 is 0 Å². The summed E-state index contributed by atoms with van der Waals surface area (Å²) in [5.74, 6) is 0. The number of benzene rings is 10. The van der Waals surface area contributed by atoms with Crippen molar-refractivity contribution in [3.8, 4) is 0 Å². The van der Waals surface area contributed by atoms with Gasteiger partial charge in [-0.1, -0.05) is 157 Å². The first-order chi connectivity index (χ1) is 28.6. The fourth-order valence-corrected chi connectivity index (χ4v) is 9.84. The van der Waals surface area contributed by atoms with E-state index >= 15 is 0 Å². The number of furan rings is 2. The standard InChI is InChI=1S/C54H36BNO2/c1-33-31-46(55(35-15-5-3-6-16-35)45-23-13-21-41-39-19-9-11-25-49(39)57-53(41)45)43-29-27-38-34(2)32-48(44-30-28-37(33)51(43)52(38)44)56(36-17-7-4-8-18-36)47-24-14-22-42-40-20-10-12-26-50(40)58-54(42)47/h3-32H,1-2H3. The van der Waals surface area contributed by atoms with E-state index in [2.05, 4.69) is 195 Å².